The van der Waals surface area contributed by atoms with Crippen LogP contribution in [0.15, 0.2) is 194 Å². The topological polar surface area (TPSA) is 8.17 Å². The molecule has 0 radical (unpaired) electrons. The Morgan fingerprint density at radius 3 is 1.57 bits per heavy atom. The molecule has 0 N–H and O–H groups in total. The fourth-order valence-electron chi connectivity index (χ4n) is 7.80. The van der Waals surface area contributed by atoms with Crippen molar-refractivity contribution in [3.63, 3.8) is 0 Å². The van der Waals surface area contributed by atoms with Gasteiger partial charge in [-0.1, -0.05) is 139 Å². The highest BCUT2D eigenvalue weighted by atomic mass is 15.1. The number of aromatic nitrogens is 1. The standard InChI is InChI=1S/C49H32N2/c1-3-15-33(16-4-1)50(34-17-5-2-6-18-34)36-27-29-41-40-22-10-14-26-47(40)51(48(41)32-36)35-28-30-46-42(31-35)39-21-9-13-25-45(39)49(46)43-23-11-7-19-37(43)38-20-8-12-24-44(38)49/h1-32H/i1D,2D,3D,4D,5D,6D,7D,8D,9D,11D,12D,13D,15D,16D,17D,18D,19D,20D,21D,23D,24D,25D. The lowest BCUT2D eigenvalue weighted by Gasteiger charge is -2.30. The Morgan fingerprint density at radius 2 is 0.941 bits per heavy atom. The minimum atomic E-state index is -2.17. The predicted octanol–water partition coefficient (Wildman–Crippen LogP) is 12.6. The quantitative estimate of drug-likeness (QED) is 0.181. The molecule has 2 nitrogen and oxygen atoms in total. The van der Waals surface area contributed by atoms with Crippen molar-refractivity contribution in [1.82, 2.24) is 4.57 Å². The van der Waals surface area contributed by atoms with Crippen LogP contribution in [0.5, 0.6) is 0 Å². The Labute approximate surface area is 328 Å². The lowest BCUT2D eigenvalue weighted by Crippen LogP contribution is -2.25. The molecule has 1 heterocycles. The molecule has 0 saturated carbocycles. The number of anilines is 3. The summed E-state index contributed by atoms with van der Waals surface area (Å²) in [6.07, 6.45) is 0. The second kappa shape index (κ2) is 10.7. The molecular formula is C49H32N2. The Balaban J connectivity index is 1.27. The van der Waals surface area contributed by atoms with Crippen molar-refractivity contribution in [2.75, 3.05) is 4.90 Å². The van der Waals surface area contributed by atoms with Crippen LogP contribution in [0.1, 0.15) is 52.4 Å². The maximum atomic E-state index is 9.55. The summed E-state index contributed by atoms with van der Waals surface area (Å²) in [6, 6.07) is 1.38. The number of hydrogen-bond acceptors (Lipinski definition) is 1. The summed E-state index contributed by atoms with van der Waals surface area (Å²) >= 11 is 0. The average molecular weight is 671 g/mol. The van der Waals surface area contributed by atoms with E-state index in [1.165, 1.54) is 6.07 Å². The summed E-state index contributed by atoms with van der Waals surface area (Å²) in [7, 11) is 0. The molecule has 0 bridgehead atoms. The van der Waals surface area contributed by atoms with E-state index in [0.29, 0.717) is 27.5 Å². The first-order chi connectivity index (χ1) is 34.4. The van der Waals surface area contributed by atoms with Gasteiger partial charge in [-0.3, -0.25) is 0 Å². The second-order valence-electron chi connectivity index (χ2n) is 12.1. The van der Waals surface area contributed by atoms with Gasteiger partial charge in [-0.25, -0.2) is 0 Å². The lowest BCUT2D eigenvalue weighted by atomic mass is 9.70. The van der Waals surface area contributed by atoms with Gasteiger partial charge in [-0.05, 0) is 99.0 Å². The normalized spacial score (nSPS) is 19.3. The number of fused-ring (bicyclic) bond motifs is 13. The van der Waals surface area contributed by atoms with Crippen LogP contribution in [0.4, 0.5) is 17.1 Å². The van der Waals surface area contributed by atoms with Gasteiger partial charge in [0.05, 0.1) is 46.6 Å². The molecule has 2 aliphatic rings. The number of rotatable bonds is 4. The Bertz CT molecular complexity index is 3890. The van der Waals surface area contributed by atoms with E-state index in [1.807, 2.05) is 6.07 Å². The summed E-state index contributed by atoms with van der Waals surface area (Å²) in [5, 5.41) is 1.23. The molecule has 0 amide bonds. The van der Waals surface area contributed by atoms with Gasteiger partial charge >= 0.3 is 0 Å². The molecule has 2 heteroatoms. The van der Waals surface area contributed by atoms with Gasteiger partial charge in [-0.15, -0.1) is 0 Å². The molecule has 0 atom stereocenters. The zero-order valence-corrected chi connectivity index (χ0v) is 26.2. The van der Waals surface area contributed by atoms with E-state index >= 15 is 0 Å². The molecule has 1 spiro atoms. The van der Waals surface area contributed by atoms with E-state index in [2.05, 4.69) is 0 Å². The van der Waals surface area contributed by atoms with Gasteiger partial charge in [-0.2, -0.15) is 0 Å². The third-order valence-corrected chi connectivity index (χ3v) is 9.71. The largest absolute Gasteiger partial charge is 0.310 e. The molecule has 0 fully saturated rings. The molecule has 1 aromatic heterocycles. The zero-order chi connectivity index (χ0) is 52.7. The first kappa shape index (κ1) is 14.3. The van der Waals surface area contributed by atoms with Gasteiger partial charge in [0.15, 0.2) is 0 Å². The fraction of sp³-hybridized carbons (Fsp3) is 0.0204. The van der Waals surface area contributed by atoms with Crippen LogP contribution in [0.3, 0.4) is 0 Å². The zero-order valence-electron chi connectivity index (χ0n) is 48.2. The smallest absolute Gasteiger partial charge is 0.0725 e. The van der Waals surface area contributed by atoms with Crippen molar-refractivity contribution in [1.29, 1.82) is 0 Å². The highest BCUT2D eigenvalue weighted by Crippen LogP contribution is 2.62. The summed E-state index contributed by atoms with van der Waals surface area (Å²) < 4.78 is 198. The molecule has 238 valence electrons. The highest BCUT2D eigenvalue weighted by Gasteiger charge is 2.51. The third kappa shape index (κ3) is 3.82. The lowest BCUT2D eigenvalue weighted by molar-refractivity contribution is 0.793. The van der Waals surface area contributed by atoms with Crippen LogP contribution < -0.4 is 4.90 Å². The predicted molar refractivity (Wildman–Crippen MR) is 212 cm³/mol. The minimum absolute atomic E-state index is 0.00405. The molecule has 51 heavy (non-hydrogen) atoms. The van der Waals surface area contributed by atoms with Crippen molar-refractivity contribution >= 4 is 38.9 Å². The fourth-order valence-corrected chi connectivity index (χ4v) is 7.80. The number of para-hydroxylation sites is 3. The van der Waals surface area contributed by atoms with E-state index in [1.54, 1.807) is 53.1 Å². The van der Waals surface area contributed by atoms with E-state index in [-0.39, 0.29) is 50.2 Å². The summed E-state index contributed by atoms with van der Waals surface area (Å²) in [5.41, 5.74) is -2.98. The molecule has 0 saturated heterocycles. The van der Waals surface area contributed by atoms with Gasteiger partial charge in [0.25, 0.3) is 0 Å². The molecular weight excluding hydrogens is 617 g/mol. The van der Waals surface area contributed by atoms with Crippen LogP contribution in [-0.4, -0.2) is 4.57 Å². The van der Waals surface area contributed by atoms with E-state index < -0.39 is 150 Å². The SMILES string of the molecule is [2H]c1c([2H])c([2H])c(N(c2ccc3c4ccccc4n(-c4ccc5c(c4)-c4c([2H])c([2H])c([2H])c([2H])c4C54c5c([2H])c([2H])c([2H])c([2H])c5-c5c([2H])c([2H])c([2H])c([2H])c54)c3c2)c2c([2H])c([2H])c([2H])c([2H])c2[2H])c([2H])c1[2H]. The van der Waals surface area contributed by atoms with E-state index in [9.17, 15) is 8.22 Å². The molecule has 0 aliphatic heterocycles. The molecule has 0 unspecified atom stereocenters. The second-order valence-corrected chi connectivity index (χ2v) is 12.1. The molecule has 2 aliphatic carbocycles. The minimum Gasteiger partial charge on any atom is -0.310 e. The molecule has 8 aromatic carbocycles. The van der Waals surface area contributed by atoms with Crippen molar-refractivity contribution in [3.05, 3.63) is 216 Å². The average Bonchev–Trinajstić information content (AvgIpc) is 4.00. The number of hydrogen-bond donors (Lipinski definition) is 0. The van der Waals surface area contributed by atoms with Gasteiger partial charge in [0.2, 0.25) is 0 Å². The summed E-state index contributed by atoms with van der Waals surface area (Å²) in [4.78, 5) is 1.03. The molecule has 11 rings (SSSR count). The first-order valence-electron chi connectivity index (χ1n) is 26.9. The Hall–Kier alpha value is -6.64. The van der Waals surface area contributed by atoms with Crippen molar-refractivity contribution < 1.29 is 30.2 Å². The van der Waals surface area contributed by atoms with Crippen LogP contribution in [0.2, 0.25) is 0 Å². The van der Waals surface area contributed by atoms with E-state index in [4.69, 9.17) is 21.9 Å². The maximum absolute atomic E-state index is 9.55. The van der Waals surface area contributed by atoms with E-state index in [0.717, 1.165) is 4.90 Å². The van der Waals surface area contributed by atoms with Crippen LogP contribution in [0.25, 0.3) is 49.7 Å². The maximum Gasteiger partial charge on any atom is 0.0725 e. The monoisotopic (exact) mass is 670 g/mol. The number of benzene rings is 8. The Kier molecular flexibility index (Phi) is 2.99. The van der Waals surface area contributed by atoms with Crippen LogP contribution in [0, 0.1) is 0 Å². The third-order valence-electron chi connectivity index (χ3n) is 9.71. The van der Waals surface area contributed by atoms with Crippen molar-refractivity contribution in [3.8, 4) is 27.9 Å². The van der Waals surface area contributed by atoms with Crippen molar-refractivity contribution in [2.45, 2.75) is 5.41 Å². The van der Waals surface area contributed by atoms with Crippen molar-refractivity contribution in [2.24, 2.45) is 0 Å². The molecule has 9 aromatic rings. The first-order valence-corrected chi connectivity index (χ1v) is 15.9. The van der Waals surface area contributed by atoms with Crippen LogP contribution in [-0.2, 0) is 5.41 Å². The summed E-state index contributed by atoms with van der Waals surface area (Å²) in [5.74, 6) is 0. The Morgan fingerprint density at radius 1 is 0.412 bits per heavy atom. The number of nitrogens with zero attached hydrogens (tertiary/aromatic N) is 2. The van der Waals surface area contributed by atoms with Gasteiger partial charge in [0.1, 0.15) is 0 Å². The summed E-state index contributed by atoms with van der Waals surface area (Å²) in [6.45, 7) is 0. The van der Waals surface area contributed by atoms with Gasteiger partial charge < -0.3 is 9.47 Å². The van der Waals surface area contributed by atoms with Gasteiger partial charge in [0, 0.05) is 33.5 Å². The van der Waals surface area contributed by atoms with Crippen LogP contribution >= 0.6 is 0 Å². The highest BCUT2D eigenvalue weighted by molar-refractivity contribution is 6.10.